The van der Waals surface area contributed by atoms with Gasteiger partial charge in [0.1, 0.15) is 5.82 Å². The van der Waals surface area contributed by atoms with Crippen LogP contribution < -0.4 is 5.32 Å². The SMILES string of the molecule is CC(CCCO)Nc1cc2ccccc2[nH]1. The highest BCUT2D eigenvalue weighted by atomic mass is 16.2. The summed E-state index contributed by atoms with van der Waals surface area (Å²) in [7, 11) is 0. The predicted octanol–water partition coefficient (Wildman–Crippen LogP) is 2.74. The molecule has 16 heavy (non-hydrogen) atoms. The van der Waals surface area contributed by atoms with Crippen LogP contribution in [0.5, 0.6) is 0 Å². The highest BCUT2D eigenvalue weighted by molar-refractivity contribution is 5.83. The molecular formula is C13H18N2O. The summed E-state index contributed by atoms with van der Waals surface area (Å²) >= 11 is 0. The van der Waals surface area contributed by atoms with Crippen molar-refractivity contribution in [1.82, 2.24) is 4.98 Å². The number of nitrogens with one attached hydrogen (secondary N) is 2. The van der Waals surface area contributed by atoms with Crippen LogP contribution in [-0.2, 0) is 0 Å². The summed E-state index contributed by atoms with van der Waals surface area (Å²) < 4.78 is 0. The van der Waals surface area contributed by atoms with Gasteiger partial charge in [-0.05, 0) is 31.9 Å². The van der Waals surface area contributed by atoms with Crippen LogP contribution in [0.4, 0.5) is 5.82 Å². The first-order valence-corrected chi connectivity index (χ1v) is 5.75. The smallest absolute Gasteiger partial charge is 0.104 e. The van der Waals surface area contributed by atoms with Crippen LogP contribution >= 0.6 is 0 Å². The van der Waals surface area contributed by atoms with Crippen molar-refractivity contribution < 1.29 is 5.11 Å². The first kappa shape index (κ1) is 11.0. The highest BCUT2D eigenvalue weighted by Crippen LogP contribution is 2.19. The summed E-state index contributed by atoms with van der Waals surface area (Å²) in [5.41, 5.74) is 1.15. The standard InChI is InChI=1S/C13H18N2O/c1-10(5-4-8-16)14-13-9-11-6-2-3-7-12(11)15-13/h2-3,6-7,9-10,14-16H,4-5,8H2,1H3. The summed E-state index contributed by atoms with van der Waals surface area (Å²) in [6.45, 7) is 2.39. The van der Waals surface area contributed by atoms with E-state index in [1.807, 2.05) is 12.1 Å². The van der Waals surface area contributed by atoms with Gasteiger partial charge in [0.2, 0.25) is 0 Å². The number of para-hydroxylation sites is 1. The average molecular weight is 218 g/mol. The molecule has 2 rings (SSSR count). The van der Waals surface area contributed by atoms with Crippen LogP contribution in [0.3, 0.4) is 0 Å². The van der Waals surface area contributed by atoms with Gasteiger partial charge in [-0.1, -0.05) is 18.2 Å². The molecular weight excluding hydrogens is 200 g/mol. The maximum absolute atomic E-state index is 8.76. The number of aliphatic hydroxyl groups is 1. The third-order valence-electron chi connectivity index (χ3n) is 2.73. The molecule has 0 fully saturated rings. The lowest BCUT2D eigenvalue weighted by Gasteiger charge is -2.12. The number of aliphatic hydroxyl groups excluding tert-OH is 1. The normalized spacial score (nSPS) is 12.9. The summed E-state index contributed by atoms with van der Waals surface area (Å²) in [5, 5.41) is 13.4. The lowest BCUT2D eigenvalue weighted by atomic mass is 10.2. The fourth-order valence-corrected chi connectivity index (χ4v) is 1.89. The molecule has 0 amide bonds. The molecule has 0 radical (unpaired) electrons. The Morgan fingerprint density at radius 2 is 2.19 bits per heavy atom. The molecule has 3 nitrogen and oxygen atoms in total. The zero-order chi connectivity index (χ0) is 11.4. The van der Waals surface area contributed by atoms with Gasteiger partial charge in [-0.25, -0.2) is 0 Å². The first-order chi connectivity index (χ1) is 7.79. The lowest BCUT2D eigenvalue weighted by molar-refractivity contribution is 0.282. The van der Waals surface area contributed by atoms with Crippen LogP contribution in [0.15, 0.2) is 30.3 Å². The Bertz CT molecular complexity index is 417. The quantitative estimate of drug-likeness (QED) is 0.722. The Hall–Kier alpha value is -1.48. The number of aromatic nitrogens is 1. The van der Waals surface area contributed by atoms with E-state index in [-0.39, 0.29) is 6.61 Å². The Morgan fingerprint density at radius 3 is 2.94 bits per heavy atom. The molecule has 1 aromatic carbocycles. The van der Waals surface area contributed by atoms with E-state index in [0.717, 1.165) is 24.2 Å². The maximum atomic E-state index is 8.76. The van der Waals surface area contributed by atoms with E-state index in [4.69, 9.17) is 5.11 Å². The monoisotopic (exact) mass is 218 g/mol. The summed E-state index contributed by atoms with van der Waals surface area (Å²) in [4.78, 5) is 3.33. The van der Waals surface area contributed by atoms with E-state index >= 15 is 0 Å². The van der Waals surface area contributed by atoms with Gasteiger partial charge in [-0.2, -0.15) is 0 Å². The van der Waals surface area contributed by atoms with Crippen molar-refractivity contribution in [2.24, 2.45) is 0 Å². The minimum absolute atomic E-state index is 0.263. The van der Waals surface area contributed by atoms with E-state index in [0.29, 0.717) is 6.04 Å². The maximum Gasteiger partial charge on any atom is 0.104 e. The Balaban J connectivity index is 2.03. The van der Waals surface area contributed by atoms with E-state index in [1.165, 1.54) is 5.39 Å². The van der Waals surface area contributed by atoms with E-state index in [9.17, 15) is 0 Å². The number of benzene rings is 1. The van der Waals surface area contributed by atoms with Crippen LogP contribution in [0.2, 0.25) is 0 Å². The van der Waals surface area contributed by atoms with Crippen molar-refractivity contribution >= 4 is 16.7 Å². The average Bonchev–Trinajstić information content (AvgIpc) is 2.68. The van der Waals surface area contributed by atoms with Crippen LogP contribution in [0.25, 0.3) is 10.9 Å². The van der Waals surface area contributed by atoms with Crippen molar-refractivity contribution in [3.63, 3.8) is 0 Å². The van der Waals surface area contributed by atoms with Gasteiger partial charge < -0.3 is 15.4 Å². The number of hydrogen-bond donors (Lipinski definition) is 3. The minimum Gasteiger partial charge on any atom is -0.396 e. The number of rotatable bonds is 5. The molecule has 1 heterocycles. The topological polar surface area (TPSA) is 48.0 Å². The summed E-state index contributed by atoms with van der Waals surface area (Å²) in [5.74, 6) is 1.05. The van der Waals surface area contributed by atoms with Gasteiger partial charge in [-0.3, -0.25) is 0 Å². The molecule has 0 spiro atoms. The Morgan fingerprint density at radius 1 is 1.38 bits per heavy atom. The van der Waals surface area contributed by atoms with Crippen molar-refractivity contribution in [3.05, 3.63) is 30.3 Å². The second kappa shape index (κ2) is 5.03. The van der Waals surface area contributed by atoms with E-state index in [1.54, 1.807) is 0 Å². The summed E-state index contributed by atoms with van der Waals surface area (Å²) in [6, 6.07) is 10.7. The van der Waals surface area contributed by atoms with Crippen LogP contribution in [-0.4, -0.2) is 22.7 Å². The lowest BCUT2D eigenvalue weighted by Crippen LogP contribution is -2.15. The molecule has 1 aromatic heterocycles. The van der Waals surface area contributed by atoms with Crippen molar-refractivity contribution in [1.29, 1.82) is 0 Å². The number of hydrogen-bond acceptors (Lipinski definition) is 2. The molecule has 3 N–H and O–H groups in total. The molecule has 0 aliphatic rings. The molecule has 86 valence electrons. The fraction of sp³-hybridized carbons (Fsp3) is 0.385. The molecule has 2 aromatic rings. The number of anilines is 1. The van der Waals surface area contributed by atoms with Crippen molar-refractivity contribution in [2.45, 2.75) is 25.8 Å². The number of H-pyrrole nitrogens is 1. The van der Waals surface area contributed by atoms with Crippen LogP contribution in [0.1, 0.15) is 19.8 Å². The number of aromatic amines is 1. The highest BCUT2D eigenvalue weighted by Gasteiger charge is 2.04. The van der Waals surface area contributed by atoms with Gasteiger partial charge in [-0.15, -0.1) is 0 Å². The van der Waals surface area contributed by atoms with E-state index in [2.05, 4.69) is 35.4 Å². The molecule has 3 heteroatoms. The molecule has 0 bridgehead atoms. The number of fused-ring (bicyclic) bond motifs is 1. The predicted molar refractivity (Wildman–Crippen MR) is 67.7 cm³/mol. The summed E-state index contributed by atoms with van der Waals surface area (Å²) in [6.07, 6.45) is 1.82. The third kappa shape index (κ3) is 2.55. The molecule has 1 unspecified atom stereocenters. The largest absolute Gasteiger partial charge is 0.396 e. The molecule has 0 saturated carbocycles. The molecule has 0 aliphatic carbocycles. The molecule has 1 atom stereocenters. The Kier molecular flexibility index (Phi) is 3.47. The second-order valence-corrected chi connectivity index (χ2v) is 4.18. The van der Waals surface area contributed by atoms with Gasteiger partial charge in [0.15, 0.2) is 0 Å². The van der Waals surface area contributed by atoms with Gasteiger partial charge in [0, 0.05) is 23.6 Å². The van der Waals surface area contributed by atoms with E-state index < -0.39 is 0 Å². The van der Waals surface area contributed by atoms with Crippen LogP contribution in [0, 0.1) is 0 Å². The second-order valence-electron chi connectivity index (χ2n) is 4.18. The van der Waals surface area contributed by atoms with Gasteiger partial charge in [0.25, 0.3) is 0 Å². The molecule has 0 aliphatic heterocycles. The zero-order valence-corrected chi connectivity index (χ0v) is 9.53. The van der Waals surface area contributed by atoms with Crippen molar-refractivity contribution in [2.75, 3.05) is 11.9 Å². The zero-order valence-electron chi connectivity index (χ0n) is 9.53. The fourth-order valence-electron chi connectivity index (χ4n) is 1.89. The third-order valence-corrected chi connectivity index (χ3v) is 2.73. The molecule has 0 saturated heterocycles. The Labute approximate surface area is 95.5 Å². The first-order valence-electron chi connectivity index (χ1n) is 5.75. The van der Waals surface area contributed by atoms with Gasteiger partial charge in [0.05, 0.1) is 0 Å². The minimum atomic E-state index is 0.263. The van der Waals surface area contributed by atoms with Gasteiger partial charge >= 0.3 is 0 Å². The van der Waals surface area contributed by atoms with Crippen molar-refractivity contribution in [3.8, 4) is 0 Å².